The van der Waals surface area contributed by atoms with Gasteiger partial charge < -0.3 is 29.1 Å². The number of carbonyl (C=O) groups excluding carboxylic acids is 1. The van der Waals surface area contributed by atoms with E-state index in [1.165, 1.54) is 31.4 Å². The number of ether oxygens (including phenoxy) is 3. The fourth-order valence-corrected chi connectivity index (χ4v) is 8.88. The number of methoxy groups -OCH3 is 1. The number of carbonyl (C=O) groups is 2. The molecule has 2 aliphatic rings. The van der Waals surface area contributed by atoms with Gasteiger partial charge in [-0.1, -0.05) is 61.3 Å². The van der Waals surface area contributed by atoms with Crippen molar-refractivity contribution in [1.29, 1.82) is 0 Å². The summed E-state index contributed by atoms with van der Waals surface area (Å²) in [5, 5.41) is 26.2. The number of benzene rings is 4. The predicted octanol–water partition coefficient (Wildman–Crippen LogP) is 9.44. The summed E-state index contributed by atoms with van der Waals surface area (Å²) < 4.78 is 44.5. The molecular weight excluding hydrogens is 853 g/mol. The molecule has 16 heteroatoms. The third-order valence-electron chi connectivity index (χ3n) is 12.1. The zero-order valence-corrected chi connectivity index (χ0v) is 37.6. The molecule has 3 N–H and O–H groups in total. The lowest BCUT2D eigenvalue weighted by Gasteiger charge is -2.41. The van der Waals surface area contributed by atoms with Gasteiger partial charge in [0.15, 0.2) is 12.2 Å². The van der Waals surface area contributed by atoms with Gasteiger partial charge in [0.05, 0.1) is 43.8 Å². The van der Waals surface area contributed by atoms with Crippen molar-refractivity contribution in [3.05, 3.63) is 129 Å². The molecule has 0 aliphatic carbocycles. The molecule has 2 fully saturated rings. The number of H-pyrrole nitrogens is 2. The van der Waals surface area contributed by atoms with Crippen LogP contribution in [0.25, 0.3) is 21.8 Å². The highest BCUT2D eigenvalue weighted by Gasteiger charge is 2.40. The molecule has 8 rings (SSSR count). The molecule has 6 aromatic rings. The molecule has 2 atom stereocenters. The Labute approximate surface area is 375 Å². The van der Waals surface area contributed by atoms with Crippen LogP contribution in [0.1, 0.15) is 74.0 Å². The van der Waals surface area contributed by atoms with E-state index in [0.29, 0.717) is 32.2 Å². The van der Waals surface area contributed by atoms with Crippen LogP contribution in [-0.4, -0.2) is 108 Å². The first-order valence-electron chi connectivity index (χ1n) is 21.0. The molecule has 0 radical (unpaired) electrons. The third kappa shape index (κ3) is 11.1. The summed E-state index contributed by atoms with van der Waals surface area (Å²) in [6.45, 7) is 7.94. The van der Waals surface area contributed by atoms with Crippen molar-refractivity contribution in [1.82, 2.24) is 30.2 Å². The van der Waals surface area contributed by atoms with Gasteiger partial charge in [-0.25, -0.2) is 18.4 Å². The number of aromatic amines is 2. The van der Waals surface area contributed by atoms with Gasteiger partial charge in [0, 0.05) is 42.8 Å². The van der Waals surface area contributed by atoms with Gasteiger partial charge in [-0.15, -0.1) is 0 Å². The lowest BCUT2D eigenvalue weighted by Crippen LogP contribution is -2.44. The van der Waals surface area contributed by atoms with E-state index in [4.69, 9.17) is 37.4 Å². The highest BCUT2D eigenvalue weighted by atomic mass is 35.5. The Morgan fingerprint density at radius 3 is 1.46 bits per heavy atom. The highest BCUT2D eigenvalue weighted by molar-refractivity contribution is 6.31. The number of hydrogen-bond acceptors (Lipinski definition) is 9. The van der Waals surface area contributed by atoms with Crippen molar-refractivity contribution in [2.75, 3.05) is 60.6 Å². The van der Waals surface area contributed by atoms with E-state index >= 15 is 0 Å². The topological polar surface area (TPSA) is 146 Å². The number of piperidine rings is 2. The van der Waals surface area contributed by atoms with Gasteiger partial charge in [0.2, 0.25) is 0 Å². The summed E-state index contributed by atoms with van der Waals surface area (Å²) in [7, 11) is 5.46. The van der Waals surface area contributed by atoms with Crippen molar-refractivity contribution in [2.45, 2.75) is 62.6 Å². The lowest BCUT2D eigenvalue weighted by atomic mass is 9.73. The number of carboxylic acids is 1. The van der Waals surface area contributed by atoms with Gasteiger partial charge >= 0.3 is 11.9 Å². The summed E-state index contributed by atoms with van der Waals surface area (Å²) in [6.07, 6.45) is 4.31. The van der Waals surface area contributed by atoms with Crippen LogP contribution in [0.15, 0.2) is 85.2 Å². The maximum absolute atomic E-state index is 13.6. The molecule has 0 bridgehead atoms. The number of likely N-dealkylation sites (tertiary alicyclic amines) is 2. The summed E-state index contributed by atoms with van der Waals surface area (Å²) >= 11 is 12.5. The van der Waals surface area contributed by atoms with Crippen molar-refractivity contribution in [3.63, 3.8) is 0 Å². The maximum Gasteiger partial charge on any atom is 0.339 e. The van der Waals surface area contributed by atoms with E-state index in [2.05, 4.69) is 44.3 Å². The second-order valence-electron chi connectivity index (χ2n) is 16.1. The Kier molecular flexibility index (Phi) is 15.9. The minimum absolute atomic E-state index is 0.200. The quantitative estimate of drug-likeness (QED) is 0.102. The molecule has 4 aromatic carbocycles. The minimum Gasteiger partial charge on any atom is -0.479 e. The van der Waals surface area contributed by atoms with Crippen LogP contribution in [0.4, 0.5) is 8.78 Å². The molecule has 0 amide bonds. The average Bonchev–Trinajstić information content (AvgIpc) is 3.96. The first-order valence-corrected chi connectivity index (χ1v) is 21.7. The van der Waals surface area contributed by atoms with Crippen molar-refractivity contribution >= 4 is 56.9 Å². The summed E-state index contributed by atoms with van der Waals surface area (Å²) in [6, 6.07) is 19.8. The molecule has 63 heavy (non-hydrogen) atoms. The Morgan fingerprint density at radius 1 is 0.698 bits per heavy atom. The smallest absolute Gasteiger partial charge is 0.339 e. The van der Waals surface area contributed by atoms with Gasteiger partial charge in [-0.3, -0.25) is 10.2 Å². The highest BCUT2D eigenvalue weighted by Crippen LogP contribution is 2.40. The van der Waals surface area contributed by atoms with Crippen LogP contribution >= 0.6 is 23.2 Å². The Hall–Kier alpha value is -4.96. The van der Waals surface area contributed by atoms with Crippen LogP contribution < -0.4 is 0 Å². The molecule has 0 saturated carbocycles. The van der Waals surface area contributed by atoms with E-state index < -0.39 is 24.1 Å². The van der Waals surface area contributed by atoms with Crippen LogP contribution in [0.3, 0.4) is 0 Å². The van der Waals surface area contributed by atoms with Crippen molar-refractivity contribution in [2.24, 2.45) is 0 Å². The van der Waals surface area contributed by atoms with Crippen molar-refractivity contribution in [3.8, 4) is 0 Å². The van der Waals surface area contributed by atoms with Gasteiger partial charge in [0.1, 0.15) is 11.6 Å². The number of carboxylic acid groups (broad SMARTS) is 1. The first kappa shape index (κ1) is 47.5. The van der Waals surface area contributed by atoms with E-state index in [-0.39, 0.29) is 35.7 Å². The van der Waals surface area contributed by atoms with E-state index in [1.807, 2.05) is 26.0 Å². The zero-order valence-electron chi connectivity index (χ0n) is 36.1. The molecule has 2 unspecified atom stereocenters. The molecule has 2 aliphatic heterocycles. The third-order valence-corrected chi connectivity index (χ3v) is 12.6. The van der Waals surface area contributed by atoms with Crippen LogP contribution in [0.2, 0.25) is 10.0 Å². The van der Waals surface area contributed by atoms with Crippen LogP contribution in [0, 0.1) is 11.6 Å². The molecule has 4 heterocycles. The van der Waals surface area contributed by atoms with E-state index in [0.717, 1.165) is 73.8 Å². The summed E-state index contributed by atoms with van der Waals surface area (Å²) in [5.74, 6) is -2.19. The number of aliphatic carboxylic acids is 1. The van der Waals surface area contributed by atoms with Crippen molar-refractivity contribution < 1.29 is 37.7 Å². The summed E-state index contributed by atoms with van der Waals surface area (Å²) in [4.78, 5) is 29.3. The average molecular weight is 908 g/mol. The van der Waals surface area contributed by atoms with E-state index in [9.17, 15) is 23.5 Å². The number of nitrogens with zero attached hydrogens (tertiary/aromatic N) is 4. The standard InChI is InChI=1S/C23H25ClFN3O3.C22H23ClFN3O3.C2H6/c1-28-9-7-23(8-10-28,16-3-5-18(25)6-4-16)14-31-21(22(29)30-2)19-12-17(24)11-15-13-26-27-20(15)19;1-27-8-6-22(7-9-27,15-2-4-17(24)5-3-15)13-30-20(21(28)29)18-11-16(23)10-14-12-25-26-19(14)18;1-2/h3-6,11-13,21H,7-10,14H2,1-2H3,(H,26,27);2-5,10-12,20H,6-9,13H2,1H3,(H,25,26)(H,28,29);1-2H3. The number of fused-ring (bicyclic) bond motifs is 2. The second kappa shape index (κ2) is 21.1. The normalized spacial score (nSPS) is 17.2. The van der Waals surface area contributed by atoms with Gasteiger partial charge in [-0.05, 0) is 126 Å². The molecular formula is C47H54Cl2F2N6O6. The van der Waals surface area contributed by atoms with Crippen LogP contribution in [-0.2, 0) is 34.6 Å². The molecule has 0 spiro atoms. The fourth-order valence-electron chi connectivity index (χ4n) is 8.41. The number of aromatic nitrogens is 4. The minimum atomic E-state index is -1.20. The number of esters is 1. The molecule has 336 valence electrons. The van der Waals surface area contributed by atoms with E-state index in [1.54, 1.807) is 48.8 Å². The number of hydrogen-bond donors (Lipinski definition) is 3. The first-order chi connectivity index (χ1) is 30.3. The molecule has 2 aromatic heterocycles. The Balaban J connectivity index is 0.000000202. The second-order valence-corrected chi connectivity index (χ2v) is 17.0. The largest absolute Gasteiger partial charge is 0.479 e. The summed E-state index contributed by atoms with van der Waals surface area (Å²) in [5.41, 5.74) is 3.52. The number of halogens is 4. The Bertz CT molecular complexity index is 2450. The Morgan fingerprint density at radius 2 is 1.08 bits per heavy atom. The number of nitrogens with one attached hydrogen (secondary N) is 2. The van der Waals surface area contributed by atoms with Gasteiger partial charge in [0.25, 0.3) is 0 Å². The SMILES string of the molecule is CC.CN1CCC(COC(C(=O)O)c2cc(Cl)cc3cn[nH]c23)(c2ccc(F)cc2)CC1.COC(=O)C(OCC1(c2ccc(F)cc2)CCN(C)CC1)c1cc(Cl)cc2cn[nH]c12. The number of rotatable bonds is 12. The molecule has 2 saturated heterocycles. The predicted molar refractivity (Wildman–Crippen MR) is 240 cm³/mol. The fraction of sp³-hybridized carbons (Fsp3) is 0.404. The molecule has 12 nitrogen and oxygen atoms in total. The van der Waals surface area contributed by atoms with Gasteiger partial charge in [-0.2, -0.15) is 10.2 Å². The monoisotopic (exact) mass is 906 g/mol. The lowest BCUT2D eigenvalue weighted by molar-refractivity contribution is -0.156. The van der Waals surface area contributed by atoms with Crippen LogP contribution in [0.5, 0.6) is 0 Å². The zero-order chi connectivity index (χ0) is 45.3. The maximum atomic E-state index is 13.6.